The van der Waals surface area contributed by atoms with E-state index in [0.717, 1.165) is 6.92 Å². The number of aliphatic hydroxyl groups excluding tert-OH is 1. The van der Waals surface area contributed by atoms with Gasteiger partial charge in [0.05, 0.1) is 12.8 Å². The number of hydrogen-bond donors (Lipinski definition) is 6. The second-order valence-corrected chi connectivity index (χ2v) is 3.31. The van der Waals surface area contributed by atoms with Crippen LogP contribution in [-0.4, -0.2) is 66.7 Å². The maximum absolute atomic E-state index is 10.3. The van der Waals surface area contributed by atoms with Gasteiger partial charge in [-0.25, -0.2) is 4.79 Å². The van der Waals surface area contributed by atoms with Gasteiger partial charge in [0.15, 0.2) is 5.60 Å². The van der Waals surface area contributed by atoms with Crippen molar-refractivity contribution in [2.75, 3.05) is 6.61 Å². The van der Waals surface area contributed by atoms with Gasteiger partial charge in [-0.15, -0.1) is 0 Å². The summed E-state index contributed by atoms with van der Waals surface area (Å²) in [5, 5.41) is 48.8. The van der Waals surface area contributed by atoms with Gasteiger partial charge in [-0.2, -0.15) is 0 Å². The molecule has 0 rings (SSSR count). The maximum atomic E-state index is 10.3. The van der Waals surface area contributed by atoms with Crippen LogP contribution in [0.2, 0.25) is 0 Å². The van der Waals surface area contributed by atoms with Crippen molar-refractivity contribution < 1.29 is 49.8 Å². The van der Waals surface area contributed by atoms with E-state index in [1.807, 2.05) is 0 Å². The fraction of sp³-hybridized carbons (Fsp3) is 0.600. The van der Waals surface area contributed by atoms with E-state index in [4.69, 9.17) is 35.4 Å². The highest BCUT2D eigenvalue weighted by Gasteiger charge is 2.40. The molecule has 0 bridgehead atoms. The molecule has 10 heteroatoms. The van der Waals surface area contributed by atoms with Crippen LogP contribution in [0.4, 0.5) is 0 Å². The number of aliphatic carboxylic acids is 4. The summed E-state index contributed by atoms with van der Waals surface area (Å²) in [6.07, 6.45) is -2.29. The van der Waals surface area contributed by atoms with Gasteiger partial charge in [0, 0.05) is 13.5 Å². The van der Waals surface area contributed by atoms with E-state index in [-0.39, 0.29) is 6.61 Å². The summed E-state index contributed by atoms with van der Waals surface area (Å²) in [5.74, 6) is -5.85. The molecule has 0 unspecified atom stereocenters. The van der Waals surface area contributed by atoms with Crippen molar-refractivity contribution >= 4 is 23.9 Å². The third-order valence-electron chi connectivity index (χ3n) is 1.29. The van der Waals surface area contributed by atoms with Gasteiger partial charge in [0.2, 0.25) is 0 Å². The van der Waals surface area contributed by atoms with Gasteiger partial charge in [0.25, 0.3) is 5.97 Å². The minimum absolute atomic E-state index is 0.250. The third kappa shape index (κ3) is 18.2. The standard InChI is InChI=1S/C6H8O7.C2H4O2.C2H6O/c7-3(8)1-6(13,5(11)12)2-4(9)10;1-2(3)4;1-2-3/h13H,1-2H2,(H,7,8)(H,9,10)(H,11,12);1H3,(H,3,4);3H,2H2,1H3. The Bertz CT molecular complexity index is 315. The number of carbonyl (C=O) groups is 4. The van der Waals surface area contributed by atoms with Crippen molar-refractivity contribution in [2.45, 2.75) is 32.3 Å². The predicted molar refractivity (Wildman–Crippen MR) is 63.2 cm³/mol. The van der Waals surface area contributed by atoms with E-state index in [0.29, 0.717) is 0 Å². The zero-order valence-corrected chi connectivity index (χ0v) is 10.9. The Hall–Kier alpha value is -2.20. The van der Waals surface area contributed by atoms with Crippen LogP contribution in [0.15, 0.2) is 0 Å². The van der Waals surface area contributed by atoms with Crippen LogP contribution in [-0.2, 0) is 19.2 Å². The molecule has 0 saturated carbocycles. The number of carboxylic acid groups (broad SMARTS) is 4. The smallest absolute Gasteiger partial charge is 0.336 e. The Morgan fingerprint density at radius 3 is 1.20 bits per heavy atom. The molecule has 10 nitrogen and oxygen atoms in total. The first kappa shape index (κ1) is 22.9. The zero-order valence-electron chi connectivity index (χ0n) is 10.9. The van der Waals surface area contributed by atoms with E-state index in [1.165, 1.54) is 0 Å². The summed E-state index contributed by atoms with van der Waals surface area (Å²) >= 11 is 0. The van der Waals surface area contributed by atoms with Crippen LogP contribution in [0.3, 0.4) is 0 Å². The minimum Gasteiger partial charge on any atom is -0.481 e. The van der Waals surface area contributed by atoms with E-state index >= 15 is 0 Å². The predicted octanol–water partition coefficient (Wildman–Crippen LogP) is -1.16. The summed E-state index contributed by atoms with van der Waals surface area (Å²) < 4.78 is 0. The molecule has 0 spiro atoms. The molecule has 0 fully saturated rings. The normalized spacial score (nSPS) is 9.20. The number of rotatable bonds is 5. The van der Waals surface area contributed by atoms with Crippen LogP contribution < -0.4 is 0 Å². The van der Waals surface area contributed by atoms with Crippen molar-refractivity contribution in [3.63, 3.8) is 0 Å². The van der Waals surface area contributed by atoms with Crippen LogP contribution in [0.5, 0.6) is 0 Å². The molecule has 0 aliphatic carbocycles. The van der Waals surface area contributed by atoms with Crippen molar-refractivity contribution in [1.29, 1.82) is 0 Å². The summed E-state index contributed by atoms with van der Waals surface area (Å²) in [6.45, 7) is 3.01. The molecule has 20 heavy (non-hydrogen) atoms. The Labute approximate surface area is 113 Å². The first-order chi connectivity index (χ1) is 8.92. The molecule has 0 radical (unpaired) electrons. The van der Waals surface area contributed by atoms with E-state index in [9.17, 15) is 14.4 Å². The lowest BCUT2D eigenvalue weighted by Crippen LogP contribution is -2.42. The second-order valence-electron chi connectivity index (χ2n) is 3.31. The summed E-state index contributed by atoms with van der Waals surface area (Å²) in [4.78, 5) is 39.5. The lowest BCUT2D eigenvalue weighted by molar-refractivity contribution is -0.170. The molecule has 0 atom stereocenters. The molecule has 0 amide bonds. The number of hydrogen-bond acceptors (Lipinski definition) is 6. The van der Waals surface area contributed by atoms with Gasteiger partial charge >= 0.3 is 17.9 Å². The van der Waals surface area contributed by atoms with Crippen molar-refractivity contribution in [3.8, 4) is 0 Å². The lowest BCUT2D eigenvalue weighted by Gasteiger charge is -2.18. The molecule has 6 N–H and O–H groups in total. The Kier molecular flexibility index (Phi) is 13.6. The number of carboxylic acids is 4. The Morgan fingerprint density at radius 1 is 0.900 bits per heavy atom. The SMILES string of the molecule is CC(=O)O.CCO.O=C(O)CC(O)(CC(=O)O)C(=O)O. The zero-order chi connectivity index (χ0) is 16.9. The van der Waals surface area contributed by atoms with Gasteiger partial charge in [-0.05, 0) is 6.92 Å². The van der Waals surface area contributed by atoms with Crippen molar-refractivity contribution in [3.05, 3.63) is 0 Å². The fourth-order valence-corrected chi connectivity index (χ4v) is 0.714. The molecule has 0 aromatic heterocycles. The van der Waals surface area contributed by atoms with Gasteiger partial charge in [-0.1, -0.05) is 0 Å². The van der Waals surface area contributed by atoms with Gasteiger partial charge in [-0.3, -0.25) is 14.4 Å². The van der Waals surface area contributed by atoms with Crippen LogP contribution in [0.1, 0.15) is 26.7 Å². The summed E-state index contributed by atoms with van der Waals surface area (Å²) in [7, 11) is 0. The molecule has 0 heterocycles. The largest absolute Gasteiger partial charge is 0.481 e. The molecule has 0 aliphatic rings. The second kappa shape index (κ2) is 11.9. The van der Waals surface area contributed by atoms with Crippen LogP contribution in [0.25, 0.3) is 0 Å². The average molecular weight is 298 g/mol. The first-order valence-corrected chi connectivity index (χ1v) is 5.12. The quantitative estimate of drug-likeness (QED) is 0.361. The maximum Gasteiger partial charge on any atom is 0.336 e. The third-order valence-corrected chi connectivity index (χ3v) is 1.29. The van der Waals surface area contributed by atoms with E-state index in [1.54, 1.807) is 6.92 Å². The topological polar surface area (TPSA) is 190 Å². The first-order valence-electron chi connectivity index (χ1n) is 5.12. The number of aliphatic hydroxyl groups is 2. The molecular weight excluding hydrogens is 280 g/mol. The minimum atomic E-state index is -2.74. The molecule has 0 aromatic rings. The van der Waals surface area contributed by atoms with E-state index < -0.39 is 42.3 Å². The van der Waals surface area contributed by atoms with Crippen molar-refractivity contribution in [2.24, 2.45) is 0 Å². The lowest BCUT2D eigenvalue weighted by atomic mass is 9.96. The Balaban J connectivity index is -0.000000343. The highest BCUT2D eigenvalue weighted by molar-refractivity contribution is 5.88. The van der Waals surface area contributed by atoms with Gasteiger partial charge in [0.1, 0.15) is 0 Å². The van der Waals surface area contributed by atoms with Gasteiger partial charge < -0.3 is 30.6 Å². The highest BCUT2D eigenvalue weighted by Crippen LogP contribution is 2.15. The van der Waals surface area contributed by atoms with Crippen LogP contribution >= 0.6 is 0 Å². The van der Waals surface area contributed by atoms with Crippen LogP contribution in [0, 0.1) is 0 Å². The Morgan fingerprint density at radius 2 is 1.10 bits per heavy atom. The molecule has 118 valence electrons. The molecule has 0 saturated heterocycles. The molecule has 0 aromatic carbocycles. The summed E-state index contributed by atoms with van der Waals surface area (Å²) in [6, 6.07) is 0. The monoisotopic (exact) mass is 298 g/mol. The van der Waals surface area contributed by atoms with Crippen molar-refractivity contribution in [1.82, 2.24) is 0 Å². The summed E-state index contributed by atoms with van der Waals surface area (Å²) in [5.41, 5.74) is -2.74. The highest BCUT2D eigenvalue weighted by atomic mass is 16.4. The fourth-order valence-electron chi connectivity index (χ4n) is 0.714. The molecule has 0 aliphatic heterocycles. The van der Waals surface area contributed by atoms with E-state index in [2.05, 4.69) is 0 Å². The molecular formula is C10H18O10. The average Bonchev–Trinajstić information content (AvgIpc) is 2.14.